The molecule has 0 spiro atoms. The van der Waals surface area contributed by atoms with E-state index in [4.69, 9.17) is 0 Å². The number of fused-ring (bicyclic) bond motifs is 1. The fourth-order valence-electron chi connectivity index (χ4n) is 2.74. The molecular formula is C18H21FN2. The molecule has 2 aromatic rings. The van der Waals surface area contributed by atoms with Crippen LogP contribution in [0.2, 0.25) is 0 Å². The number of nitrogens with one attached hydrogen (secondary N) is 1. The molecule has 0 aromatic heterocycles. The lowest BCUT2D eigenvalue weighted by Crippen LogP contribution is -2.21. The highest BCUT2D eigenvalue weighted by atomic mass is 19.1. The third-order valence-electron chi connectivity index (χ3n) is 3.91. The van der Waals surface area contributed by atoms with E-state index < -0.39 is 0 Å². The Hall–Kier alpha value is -1.87. The molecule has 2 nitrogen and oxygen atoms in total. The van der Waals surface area contributed by atoms with Crippen LogP contribution in [0.5, 0.6) is 0 Å². The van der Waals surface area contributed by atoms with E-state index >= 15 is 0 Å². The Morgan fingerprint density at radius 1 is 1.14 bits per heavy atom. The van der Waals surface area contributed by atoms with Gasteiger partial charge in [-0.25, -0.2) is 4.39 Å². The minimum Gasteiger partial charge on any atom is -0.341 e. The van der Waals surface area contributed by atoms with Gasteiger partial charge in [0.25, 0.3) is 0 Å². The van der Waals surface area contributed by atoms with Crippen LogP contribution in [-0.4, -0.2) is 12.6 Å². The van der Waals surface area contributed by atoms with E-state index in [0.717, 1.165) is 30.9 Å². The molecule has 2 aromatic carbocycles. The zero-order chi connectivity index (χ0) is 14.8. The van der Waals surface area contributed by atoms with Gasteiger partial charge in [-0.05, 0) is 41.8 Å². The largest absolute Gasteiger partial charge is 0.341 e. The molecular weight excluding hydrogens is 263 g/mol. The molecule has 0 bridgehead atoms. The third-order valence-corrected chi connectivity index (χ3v) is 3.91. The van der Waals surface area contributed by atoms with Gasteiger partial charge in [-0.3, -0.25) is 0 Å². The minimum absolute atomic E-state index is 0.168. The zero-order valence-electron chi connectivity index (χ0n) is 12.6. The first kappa shape index (κ1) is 14.1. The number of benzene rings is 2. The highest BCUT2D eigenvalue weighted by Crippen LogP contribution is 2.34. The number of rotatable bonds is 4. The molecule has 3 rings (SSSR count). The first-order valence-corrected chi connectivity index (χ1v) is 7.52. The zero-order valence-corrected chi connectivity index (χ0v) is 12.6. The molecule has 0 amide bonds. The maximum absolute atomic E-state index is 13.5. The summed E-state index contributed by atoms with van der Waals surface area (Å²) in [5.41, 5.74) is 4.63. The summed E-state index contributed by atoms with van der Waals surface area (Å²) >= 11 is 0. The van der Waals surface area contributed by atoms with Crippen molar-refractivity contribution in [2.45, 2.75) is 32.9 Å². The number of anilines is 2. The Bertz CT molecular complexity index is 620. The highest BCUT2D eigenvalue weighted by molar-refractivity contribution is 5.69. The Labute approximate surface area is 125 Å². The Morgan fingerprint density at radius 2 is 1.90 bits per heavy atom. The maximum atomic E-state index is 13.5. The molecule has 110 valence electrons. The monoisotopic (exact) mass is 284 g/mol. The summed E-state index contributed by atoms with van der Waals surface area (Å²) in [5.74, 6) is -0.168. The quantitative estimate of drug-likeness (QED) is 0.912. The minimum atomic E-state index is -0.168. The van der Waals surface area contributed by atoms with Crippen LogP contribution in [-0.2, 0) is 13.0 Å². The van der Waals surface area contributed by atoms with Gasteiger partial charge in [0.1, 0.15) is 5.82 Å². The molecule has 1 aliphatic rings. The van der Waals surface area contributed by atoms with Crippen LogP contribution < -0.4 is 10.2 Å². The first-order valence-electron chi connectivity index (χ1n) is 7.52. The van der Waals surface area contributed by atoms with Crippen LogP contribution in [0.1, 0.15) is 25.0 Å². The predicted octanol–water partition coefficient (Wildman–Crippen LogP) is 4.02. The van der Waals surface area contributed by atoms with Gasteiger partial charge in [-0.1, -0.05) is 32.0 Å². The molecule has 1 N–H and O–H groups in total. The summed E-state index contributed by atoms with van der Waals surface area (Å²) in [6.07, 6.45) is 0.978. The van der Waals surface area contributed by atoms with Crippen molar-refractivity contribution >= 4 is 11.4 Å². The summed E-state index contributed by atoms with van der Waals surface area (Å²) < 4.78 is 13.5. The molecule has 0 radical (unpaired) electrons. The molecule has 0 fully saturated rings. The second kappa shape index (κ2) is 5.86. The van der Waals surface area contributed by atoms with Crippen LogP contribution >= 0.6 is 0 Å². The SMILES string of the molecule is CC(C)NCc1ccc(N2CCc3ccc(F)cc32)cc1. The molecule has 0 unspecified atom stereocenters. The van der Waals surface area contributed by atoms with Gasteiger partial charge in [0.2, 0.25) is 0 Å². The van der Waals surface area contributed by atoms with Crippen LogP contribution in [0.25, 0.3) is 0 Å². The van der Waals surface area contributed by atoms with Crippen molar-refractivity contribution in [2.75, 3.05) is 11.4 Å². The second-order valence-corrected chi connectivity index (χ2v) is 5.88. The lowest BCUT2D eigenvalue weighted by atomic mass is 10.1. The maximum Gasteiger partial charge on any atom is 0.125 e. The Morgan fingerprint density at radius 3 is 2.62 bits per heavy atom. The normalized spacial score (nSPS) is 13.8. The molecule has 0 saturated carbocycles. The van der Waals surface area contributed by atoms with Crippen LogP contribution in [0.3, 0.4) is 0 Å². The second-order valence-electron chi connectivity index (χ2n) is 5.88. The van der Waals surface area contributed by atoms with E-state index in [0.29, 0.717) is 6.04 Å². The third kappa shape index (κ3) is 3.08. The summed E-state index contributed by atoms with van der Waals surface area (Å²) in [7, 11) is 0. The van der Waals surface area contributed by atoms with Crippen molar-refractivity contribution in [3.63, 3.8) is 0 Å². The van der Waals surface area contributed by atoms with Crippen LogP contribution in [0, 0.1) is 5.82 Å². The van der Waals surface area contributed by atoms with Gasteiger partial charge in [-0.15, -0.1) is 0 Å². The fraction of sp³-hybridized carbons (Fsp3) is 0.333. The van der Waals surface area contributed by atoms with E-state index in [2.05, 4.69) is 48.3 Å². The molecule has 0 aliphatic carbocycles. The van der Waals surface area contributed by atoms with Crippen molar-refractivity contribution in [1.29, 1.82) is 0 Å². The average molecular weight is 284 g/mol. The summed E-state index contributed by atoms with van der Waals surface area (Å²) in [4.78, 5) is 2.19. The van der Waals surface area contributed by atoms with Gasteiger partial charge in [0, 0.05) is 30.5 Å². The van der Waals surface area contributed by atoms with E-state index in [-0.39, 0.29) is 5.82 Å². The van der Waals surface area contributed by atoms with Crippen molar-refractivity contribution in [2.24, 2.45) is 0 Å². The molecule has 0 saturated heterocycles. The lowest BCUT2D eigenvalue weighted by Gasteiger charge is -2.20. The summed E-state index contributed by atoms with van der Waals surface area (Å²) in [5, 5.41) is 3.41. The molecule has 3 heteroatoms. The Kier molecular flexibility index (Phi) is 3.93. The topological polar surface area (TPSA) is 15.3 Å². The number of hydrogen-bond acceptors (Lipinski definition) is 2. The van der Waals surface area contributed by atoms with E-state index in [9.17, 15) is 4.39 Å². The summed E-state index contributed by atoms with van der Waals surface area (Å²) in [6.45, 7) is 6.08. The van der Waals surface area contributed by atoms with Gasteiger partial charge >= 0.3 is 0 Å². The number of halogens is 1. The lowest BCUT2D eigenvalue weighted by molar-refractivity contribution is 0.589. The van der Waals surface area contributed by atoms with E-state index in [1.54, 1.807) is 12.1 Å². The van der Waals surface area contributed by atoms with Gasteiger partial charge in [0.15, 0.2) is 0 Å². The fourth-order valence-corrected chi connectivity index (χ4v) is 2.74. The number of nitrogens with zero attached hydrogens (tertiary/aromatic N) is 1. The molecule has 1 aliphatic heterocycles. The van der Waals surface area contributed by atoms with Crippen molar-refractivity contribution in [3.05, 3.63) is 59.4 Å². The van der Waals surface area contributed by atoms with Gasteiger partial charge in [0.05, 0.1) is 0 Å². The van der Waals surface area contributed by atoms with E-state index in [1.807, 2.05) is 6.07 Å². The van der Waals surface area contributed by atoms with Gasteiger partial charge < -0.3 is 10.2 Å². The van der Waals surface area contributed by atoms with E-state index in [1.165, 1.54) is 11.1 Å². The average Bonchev–Trinajstić information content (AvgIpc) is 2.88. The highest BCUT2D eigenvalue weighted by Gasteiger charge is 2.20. The summed E-state index contributed by atoms with van der Waals surface area (Å²) in [6, 6.07) is 14.1. The standard InChI is InChI=1S/C18H21FN2/c1-13(2)20-12-14-3-7-17(8-4-14)21-10-9-15-5-6-16(19)11-18(15)21/h3-8,11,13,20H,9-10,12H2,1-2H3. The van der Waals surface area contributed by atoms with Crippen molar-refractivity contribution < 1.29 is 4.39 Å². The molecule has 1 heterocycles. The molecule has 0 atom stereocenters. The van der Waals surface area contributed by atoms with Crippen molar-refractivity contribution in [3.8, 4) is 0 Å². The van der Waals surface area contributed by atoms with Crippen LogP contribution in [0.15, 0.2) is 42.5 Å². The number of hydrogen-bond donors (Lipinski definition) is 1. The van der Waals surface area contributed by atoms with Crippen LogP contribution in [0.4, 0.5) is 15.8 Å². The molecule has 21 heavy (non-hydrogen) atoms. The Balaban J connectivity index is 1.78. The van der Waals surface area contributed by atoms with Crippen molar-refractivity contribution in [1.82, 2.24) is 5.32 Å². The first-order chi connectivity index (χ1) is 10.1. The predicted molar refractivity (Wildman–Crippen MR) is 85.5 cm³/mol. The smallest absolute Gasteiger partial charge is 0.125 e. The van der Waals surface area contributed by atoms with Gasteiger partial charge in [-0.2, -0.15) is 0 Å².